The zero-order chi connectivity index (χ0) is 19.5. The van der Waals surface area contributed by atoms with Gasteiger partial charge >= 0.3 is 0 Å². The first-order valence-electron chi connectivity index (χ1n) is 9.42. The van der Waals surface area contributed by atoms with Crippen LogP contribution in [0, 0.1) is 13.8 Å². The van der Waals surface area contributed by atoms with Crippen molar-refractivity contribution in [1.29, 1.82) is 0 Å². The summed E-state index contributed by atoms with van der Waals surface area (Å²) in [6.45, 7) is 7.30. The average Bonchev–Trinajstić information content (AvgIpc) is 3.30. The number of hydrogen-bond acceptors (Lipinski definition) is 4. The molecular formula is C23H23N3S2. The molecule has 0 aliphatic heterocycles. The van der Waals surface area contributed by atoms with Crippen LogP contribution >= 0.6 is 23.1 Å². The molecule has 0 N–H and O–H groups in total. The predicted octanol–water partition coefficient (Wildman–Crippen LogP) is 6.60. The number of thiophene rings is 1. The van der Waals surface area contributed by atoms with Crippen molar-refractivity contribution >= 4 is 23.1 Å². The molecule has 0 atom stereocenters. The summed E-state index contributed by atoms with van der Waals surface area (Å²) in [5.74, 6) is 1.85. The molecule has 4 rings (SSSR count). The van der Waals surface area contributed by atoms with Gasteiger partial charge in [-0.3, -0.25) is 0 Å². The highest BCUT2D eigenvalue weighted by atomic mass is 32.2. The van der Waals surface area contributed by atoms with Gasteiger partial charge in [0.2, 0.25) is 0 Å². The summed E-state index contributed by atoms with van der Waals surface area (Å²) in [5, 5.41) is 12.3. The topological polar surface area (TPSA) is 30.7 Å². The third-order valence-electron chi connectivity index (χ3n) is 4.80. The number of hydrogen-bond donors (Lipinski definition) is 0. The van der Waals surface area contributed by atoms with Crippen LogP contribution in [-0.2, 0) is 12.3 Å². The summed E-state index contributed by atoms with van der Waals surface area (Å²) < 4.78 is 2.23. The van der Waals surface area contributed by atoms with Crippen LogP contribution in [0.1, 0.15) is 22.9 Å². The normalized spacial score (nSPS) is 11.1. The van der Waals surface area contributed by atoms with E-state index < -0.39 is 0 Å². The van der Waals surface area contributed by atoms with Gasteiger partial charge in [-0.25, -0.2) is 0 Å². The van der Waals surface area contributed by atoms with Crippen molar-refractivity contribution in [1.82, 2.24) is 14.8 Å². The second-order valence-electron chi connectivity index (χ2n) is 6.77. The highest BCUT2D eigenvalue weighted by molar-refractivity contribution is 7.98. The molecule has 0 fully saturated rings. The molecule has 5 heteroatoms. The minimum absolute atomic E-state index is 0.849. The van der Waals surface area contributed by atoms with Gasteiger partial charge in [0.1, 0.15) is 0 Å². The summed E-state index contributed by atoms with van der Waals surface area (Å²) >= 11 is 3.52. The van der Waals surface area contributed by atoms with Crippen LogP contribution in [0.4, 0.5) is 0 Å². The van der Waals surface area contributed by atoms with E-state index >= 15 is 0 Å². The number of aromatic nitrogens is 3. The maximum absolute atomic E-state index is 4.58. The quantitative estimate of drug-likeness (QED) is 0.338. The molecule has 2 heterocycles. The molecular weight excluding hydrogens is 382 g/mol. The van der Waals surface area contributed by atoms with Crippen LogP contribution in [0.2, 0.25) is 0 Å². The summed E-state index contributed by atoms with van der Waals surface area (Å²) in [6.07, 6.45) is 0. The van der Waals surface area contributed by atoms with Gasteiger partial charge in [0, 0.05) is 33.7 Å². The molecule has 0 unspecified atom stereocenters. The molecule has 0 radical (unpaired) electrons. The van der Waals surface area contributed by atoms with Crippen molar-refractivity contribution in [3.63, 3.8) is 0 Å². The molecule has 2 aromatic heterocycles. The first-order chi connectivity index (χ1) is 13.7. The van der Waals surface area contributed by atoms with Gasteiger partial charge in [-0.2, -0.15) is 0 Å². The van der Waals surface area contributed by atoms with Gasteiger partial charge in [-0.05, 0) is 31.9 Å². The fraction of sp³-hybridized carbons (Fsp3) is 0.217. The smallest absolute Gasteiger partial charge is 0.191 e. The number of aryl methyl sites for hydroxylation is 2. The number of thioether (sulfide) groups is 1. The summed E-state index contributed by atoms with van der Waals surface area (Å²) in [5.41, 5.74) is 6.26. The Balaban J connectivity index is 1.66. The van der Waals surface area contributed by atoms with E-state index in [0.29, 0.717) is 0 Å². The van der Waals surface area contributed by atoms with E-state index in [9.17, 15) is 0 Å². The molecule has 4 aromatic rings. The van der Waals surface area contributed by atoms with Crippen molar-refractivity contribution in [3.05, 3.63) is 76.0 Å². The lowest BCUT2D eigenvalue weighted by atomic mass is 10.0. The van der Waals surface area contributed by atoms with Crippen LogP contribution in [0.3, 0.4) is 0 Å². The molecule has 3 nitrogen and oxygen atoms in total. The Labute approximate surface area is 174 Å². The van der Waals surface area contributed by atoms with Crippen LogP contribution in [-0.4, -0.2) is 14.8 Å². The number of nitrogens with zero attached hydrogens (tertiary/aromatic N) is 3. The van der Waals surface area contributed by atoms with Crippen molar-refractivity contribution in [2.45, 2.75) is 38.2 Å². The van der Waals surface area contributed by atoms with Crippen molar-refractivity contribution in [2.24, 2.45) is 0 Å². The van der Waals surface area contributed by atoms with E-state index in [1.807, 2.05) is 0 Å². The lowest BCUT2D eigenvalue weighted by molar-refractivity contribution is 0.687. The maximum Gasteiger partial charge on any atom is 0.191 e. The summed E-state index contributed by atoms with van der Waals surface area (Å²) in [6, 6.07) is 19.2. The lowest BCUT2D eigenvalue weighted by Crippen LogP contribution is -2.00. The van der Waals surface area contributed by atoms with Gasteiger partial charge in [0.25, 0.3) is 0 Å². The highest BCUT2D eigenvalue weighted by Crippen LogP contribution is 2.39. The van der Waals surface area contributed by atoms with E-state index in [1.165, 1.54) is 32.7 Å². The average molecular weight is 406 g/mol. The van der Waals surface area contributed by atoms with E-state index in [-0.39, 0.29) is 0 Å². The Kier molecular flexibility index (Phi) is 5.64. The Bertz CT molecular complexity index is 1060. The fourth-order valence-electron chi connectivity index (χ4n) is 3.29. The zero-order valence-electron chi connectivity index (χ0n) is 16.3. The number of rotatable bonds is 6. The SMILES string of the molecule is CCn1c(SCc2ccc(C)cc2)nnc1-c1csc(C)c1-c1ccccc1. The van der Waals surface area contributed by atoms with E-state index in [4.69, 9.17) is 0 Å². The molecule has 0 aliphatic carbocycles. The minimum atomic E-state index is 0.849. The van der Waals surface area contributed by atoms with Gasteiger partial charge in [0.05, 0.1) is 0 Å². The van der Waals surface area contributed by atoms with Crippen molar-refractivity contribution in [2.75, 3.05) is 0 Å². The van der Waals surface area contributed by atoms with Crippen LogP contribution < -0.4 is 0 Å². The summed E-state index contributed by atoms with van der Waals surface area (Å²) in [4.78, 5) is 1.31. The lowest BCUT2D eigenvalue weighted by Gasteiger charge is -2.09. The van der Waals surface area contributed by atoms with Gasteiger partial charge < -0.3 is 4.57 Å². The Morgan fingerprint density at radius 1 is 0.964 bits per heavy atom. The van der Waals surface area contributed by atoms with Crippen LogP contribution in [0.25, 0.3) is 22.5 Å². The Morgan fingerprint density at radius 3 is 2.43 bits per heavy atom. The minimum Gasteiger partial charge on any atom is -0.302 e. The third kappa shape index (κ3) is 3.77. The van der Waals surface area contributed by atoms with Crippen molar-refractivity contribution in [3.8, 4) is 22.5 Å². The first-order valence-corrected chi connectivity index (χ1v) is 11.3. The highest BCUT2D eigenvalue weighted by Gasteiger charge is 2.19. The van der Waals surface area contributed by atoms with Gasteiger partial charge in [0.15, 0.2) is 11.0 Å². The zero-order valence-corrected chi connectivity index (χ0v) is 18.0. The second-order valence-corrected chi connectivity index (χ2v) is 8.80. The predicted molar refractivity (Wildman–Crippen MR) is 120 cm³/mol. The van der Waals surface area contributed by atoms with Crippen molar-refractivity contribution < 1.29 is 0 Å². The molecule has 0 spiro atoms. The summed E-state index contributed by atoms with van der Waals surface area (Å²) in [7, 11) is 0. The van der Waals surface area contributed by atoms with Gasteiger partial charge in [-0.15, -0.1) is 21.5 Å². The first kappa shape index (κ1) is 19.0. The maximum atomic E-state index is 4.58. The largest absolute Gasteiger partial charge is 0.302 e. The van der Waals surface area contributed by atoms with Gasteiger partial charge in [-0.1, -0.05) is 71.9 Å². The van der Waals surface area contributed by atoms with E-state index in [0.717, 1.165) is 23.3 Å². The molecule has 0 amide bonds. The second kappa shape index (κ2) is 8.33. The molecule has 0 aliphatic rings. The fourth-order valence-corrected chi connectivity index (χ4v) is 5.12. The van der Waals surface area contributed by atoms with E-state index in [2.05, 4.69) is 95.5 Å². The Morgan fingerprint density at radius 2 is 1.71 bits per heavy atom. The third-order valence-corrected chi connectivity index (χ3v) is 6.75. The number of benzene rings is 2. The van der Waals surface area contributed by atoms with E-state index in [1.54, 1.807) is 23.1 Å². The molecule has 0 saturated heterocycles. The molecule has 28 heavy (non-hydrogen) atoms. The Hall–Kier alpha value is -2.37. The molecule has 0 saturated carbocycles. The molecule has 142 valence electrons. The standard InChI is InChI=1S/C23H23N3S2/c1-4-26-22(20-15-27-17(3)21(20)19-8-6-5-7-9-19)24-25-23(26)28-14-18-12-10-16(2)11-13-18/h5-13,15H,4,14H2,1-3H3. The van der Waals surface area contributed by atoms with Crippen LogP contribution in [0.15, 0.2) is 65.1 Å². The monoisotopic (exact) mass is 405 g/mol. The molecule has 0 bridgehead atoms. The molecule has 2 aromatic carbocycles. The van der Waals surface area contributed by atoms with Crippen LogP contribution in [0.5, 0.6) is 0 Å².